The number of carbonyl (C=O) groups is 2. The van der Waals surface area contributed by atoms with Crippen LogP contribution in [0.25, 0.3) is 0 Å². The minimum atomic E-state index is -0.172. The first-order chi connectivity index (χ1) is 12.1. The molecule has 7 heteroatoms. The van der Waals surface area contributed by atoms with Crippen molar-refractivity contribution in [2.24, 2.45) is 5.41 Å². The average molecular weight is 345 g/mol. The molecular formula is C18H27N5O2. The van der Waals surface area contributed by atoms with Gasteiger partial charge in [-0.05, 0) is 56.9 Å². The highest BCUT2D eigenvalue weighted by Crippen LogP contribution is 2.41. The zero-order chi connectivity index (χ0) is 17.7. The van der Waals surface area contributed by atoms with Gasteiger partial charge in [0.2, 0.25) is 5.91 Å². The number of hydrogen-bond acceptors (Lipinski definition) is 5. The van der Waals surface area contributed by atoms with E-state index in [1.807, 2.05) is 7.05 Å². The van der Waals surface area contributed by atoms with Crippen molar-refractivity contribution < 1.29 is 9.59 Å². The molecule has 2 amide bonds. The van der Waals surface area contributed by atoms with E-state index in [9.17, 15) is 9.59 Å². The van der Waals surface area contributed by atoms with E-state index in [0.29, 0.717) is 18.7 Å². The van der Waals surface area contributed by atoms with E-state index in [-0.39, 0.29) is 23.3 Å². The molecule has 1 atom stereocenters. The van der Waals surface area contributed by atoms with Crippen molar-refractivity contribution in [2.75, 3.05) is 39.8 Å². The molecule has 0 bridgehead atoms. The lowest BCUT2D eigenvalue weighted by Crippen LogP contribution is -2.44. The third-order valence-corrected chi connectivity index (χ3v) is 5.34. The Morgan fingerprint density at radius 1 is 1.32 bits per heavy atom. The van der Waals surface area contributed by atoms with Crippen LogP contribution in [-0.2, 0) is 4.79 Å². The second-order valence-corrected chi connectivity index (χ2v) is 7.17. The molecule has 2 saturated heterocycles. The van der Waals surface area contributed by atoms with Crippen LogP contribution in [0.5, 0.6) is 0 Å². The van der Waals surface area contributed by atoms with Gasteiger partial charge in [-0.3, -0.25) is 19.5 Å². The number of likely N-dealkylation sites (tertiary alicyclic amines) is 1. The Hall–Kier alpha value is -1.99. The van der Waals surface area contributed by atoms with Gasteiger partial charge in [0, 0.05) is 32.0 Å². The zero-order valence-electron chi connectivity index (χ0n) is 14.8. The molecule has 0 radical (unpaired) electrons. The summed E-state index contributed by atoms with van der Waals surface area (Å²) in [5.74, 6) is -0.109. The van der Waals surface area contributed by atoms with Gasteiger partial charge >= 0.3 is 0 Å². The molecule has 1 aromatic rings. The summed E-state index contributed by atoms with van der Waals surface area (Å²) in [6, 6.07) is 3.38. The van der Waals surface area contributed by atoms with E-state index in [0.717, 1.165) is 38.9 Å². The van der Waals surface area contributed by atoms with Crippen LogP contribution in [0, 0.1) is 5.41 Å². The van der Waals surface area contributed by atoms with Crippen molar-refractivity contribution >= 4 is 11.8 Å². The summed E-state index contributed by atoms with van der Waals surface area (Å²) in [6.07, 6.45) is 6.37. The molecule has 2 aliphatic rings. The molecule has 136 valence electrons. The number of hydrogen-bond donors (Lipinski definition) is 3. The number of rotatable bonds is 5. The topological polar surface area (TPSA) is 86.4 Å². The highest BCUT2D eigenvalue weighted by Gasteiger charge is 2.45. The summed E-state index contributed by atoms with van der Waals surface area (Å²) >= 11 is 0. The maximum absolute atomic E-state index is 12.5. The summed E-state index contributed by atoms with van der Waals surface area (Å²) in [7, 11) is 2.03. The van der Waals surface area contributed by atoms with Gasteiger partial charge in [-0.25, -0.2) is 0 Å². The number of nitrogens with one attached hydrogen (secondary N) is 3. The Bertz CT molecular complexity index is 601. The fourth-order valence-corrected chi connectivity index (χ4v) is 3.96. The van der Waals surface area contributed by atoms with Crippen LogP contribution in [0.15, 0.2) is 24.5 Å². The fourth-order valence-electron chi connectivity index (χ4n) is 3.96. The Morgan fingerprint density at radius 2 is 2.08 bits per heavy atom. The normalized spacial score (nSPS) is 22.7. The summed E-state index contributed by atoms with van der Waals surface area (Å²) in [5, 5.41) is 9.15. The summed E-state index contributed by atoms with van der Waals surface area (Å²) in [5.41, 5.74) is 0.813. The van der Waals surface area contributed by atoms with Gasteiger partial charge in [-0.15, -0.1) is 0 Å². The molecule has 1 spiro atoms. The molecule has 2 aliphatic heterocycles. The highest BCUT2D eigenvalue weighted by molar-refractivity contribution is 5.93. The fraction of sp³-hybridized carbons (Fsp3) is 0.611. The van der Waals surface area contributed by atoms with Gasteiger partial charge in [0.1, 0.15) is 0 Å². The molecule has 0 aliphatic carbocycles. The van der Waals surface area contributed by atoms with Crippen LogP contribution < -0.4 is 16.0 Å². The van der Waals surface area contributed by atoms with E-state index in [2.05, 4.69) is 25.8 Å². The van der Waals surface area contributed by atoms with E-state index >= 15 is 0 Å². The van der Waals surface area contributed by atoms with Crippen molar-refractivity contribution in [3.05, 3.63) is 30.1 Å². The van der Waals surface area contributed by atoms with Crippen molar-refractivity contribution in [3.63, 3.8) is 0 Å². The highest BCUT2D eigenvalue weighted by atomic mass is 16.2. The van der Waals surface area contributed by atoms with Crippen LogP contribution in [0.4, 0.5) is 0 Å². The van der Waals surface area contributed by atoms with Gasteiger partial charge in [0.05, 0.1) is 11.6 Å². The Balaban J connectivity index is 1.41. The first-order valence-electron chi connectivity index (χ1n) is 8.97. The Kier molecular flexibility index (Phi) is 5.65. The molecule has 25 heavy (non-hydrogen) atoms. The smallest absolute Gasteiger partial charge is 0.252 e. The lowest BCUT2D eigenvalue weighted by Gasteiger charge is -2.33. The van der Waals surface area contributed by atoms with Crippen LogP contribution >= 0.6 is 0 Å². The second-order valence-electron chi connectivity index (χ2n) is 7.17. The van der Waals surface area contributed by atoms with Crippen molar-refractivity contribution in [1.29, 1.82) is 0 Å². The molecule has 0 aromatic carbocycles. The van der Waals surface area contributed by atoms with Gasteiger partial charge in [-0.2, -0.15) is 0 Å². The molecule has 7 nitrogen and oxygen atoms in total. The van der Waals surface area contributed by atoms with E-state index in [4.69, 9.17) is 0 Å². The quantitative estimate of drug-likeness (QED) is 0.654. The predicted molar refractivity (Wildman–Crippen MR) is 95.2 cm³/mol. The second kappa shape index (κ2) is 7.93. The number of likely N-dealkylation sites (N-methyl/N-ethyl adjacent to an activating group) is 1. The van der Waals surface area contributed by atoms with E-state index in [1.165, 1.54) is 6.20 Å². The van der Waals surface area contributed by atoms with Gasteiger partial charge in [0.25, 0.3) is 5.91 Å². The lowest BCUT2D eigenvalue weighted by atomic mass is 9.77. The first kappa shape index (κ1) is 17.8. The third-order valence-electron chi connectivity index (χ3n) is 5.34. The third kappa shape index (κ3) is 4.35. The minimum absolute atomic E-state index is 0.0628. The molecule has 1 aromatic heterocycles. The average Bonchev–Trinajstić information content (AvgIpc) is 2.95. The molecule has 3 N–H and O–H groups in total. The molecule has 0 saturated carbocycles. The number of aromatic nitrogens is 1. The van der Waals surface area contributed by atoms with E-state index in [1.54, 1.807) is 18.3 Å². The monoisotopic (exact) mass is 345 g/mol. The number of piperidine rings is 1. The van der Waals surface area contributed by atoms with Crippen molar-refractivity contribution in [3.8, 4) is 0 Å². The van der Waals surface area contributed by atoms with Gasteiger partial charge in [0.15, 0.2) is 0 Å². The van der Waals surface area contributed by atoms with Crippen molar-refractivity contribution in [2.45, 2.75) is 25.3 Å². The van der Waals surface area contributed by atoms with Crippen molar-refractivity contribution in [1.82, 2.24) is 25.8 Å². The maximum atomic E-state index is 12.5. The van der Waals surface area contributed by atoms with Crippen LogP contribution in [0.2, 0.25) is 0 Å². The Morgan fingerprint density at radius 3 is 2.80 bits per heavy atom. The molecule has 3 rings (SSSR count). The SMILES string of the molecule is CN1CC2(CCNCC2)C[C@H]1C(=O)NCCNC(=O)c1cccnc1. The molecule has 0 unspecified atom stereocenters. The van der Waals surface area contributed by atoms with E-state index < -0.39 is 0 Å². The molecule has 2 fully saturated rings. The van der Waals surface area contributed by atoms with Crippen LogP contribution in [0.3, 0.4) is 0 Å². The van der Waals surface area contributed by atoms with Crippen LogP contribution in [0.1, 0.15) is 29.6 Å². The first-order valence-corrected chi connectivity index (χ1v) is 8.97. The van der Waals surface area contributed by atoms with Crippen LogP contribution in [-0.4, -0.2) is 67.5 Å². The molecule has 3 heterocycles. The minimum Gasteiger partial charge on any atom is -0.353 e. The summed E-state index contributed by atoms with van der Waals surface area (Å²) in [6.45, 7) is 3.92. The number of carbonyl (C=O) groups excluding carboxylic acids is 2. The standard InChI is InChI=1S/C18H27N5O2/c1-23-13-18(4-7-19-8-5-18)11-15(23)17(25)22-10-9-21-16(24)14-3-2-6-20-12-14/h2-3,6,12,15,19H,4-5,7-11,13H2,1H3,(H,21,24)(H,22,25)/t15-/m0/s1. The van der Waals surface area contributed by atoms with Gasteiger partial charge < -0.3 is 16.0 Å². The number of amides is 2. The zero-order valence-corrected chi connectivity index (χ0v) is 14.8. The largest absolute Gasteiger partial charge is 0.353 e. The van der Waals surface area contributed by atoms with Gasteiger partial charge in [-0.1, -0.05) is 0 Å². The maximum Gasteiger partial charge on any atom is 0.252 e. The summed E-state index contributed by atoms with van der Waals surface area (Å²) in [4.78, 5) is 30.5. The predicted octanol–water partition coefficient (Wildman–Crippen LogP) is 0.00150. The lowest BCUT2D eigenvalue weighted by molar-refractivity contribution is -0.125. The molecular weight excluding hydrogens is 318 g/mol. The number of nitrogens with zero attached hydrogens (tertiary/aromatic N) is 2. The summed E-state index contributed by atoms with van der Waals surface area (Å²) < 4.78 is 0. The number of pyridine rings is 1. The Labute approximate surface area is 148 Å².